The molecule has 0 aromatic rings. The maximum Gasteiger partial charge on any atom is 0.334 e. The number of carbonyl (C=O) groups excluding carboxylic acids is 2. The Labute approximate surface area is 173 Å². The number of hydrogen-bond acceptors (Lipinski definition) is 9. The number of carbonyl (C=O) groups is 2. The molecule has 166 valence electrons. The second-order valence-electron chi connectivity index (χ2n) is 8.81. The van der Waals surface area contributed by atoms with E-state index in [9.17, 15) is 30.0 Å². The molecular weight excluding hydrogens is 396 g/mol. The molecule has 9 nitrogen and oxygen atoms in total. The van der Waals surface area contributed by atoms with Crippen LogP contribution in [0.1, 0.15) is 20.3 Å². The summed E-state index contributed by atoms with van der Waals surface area (Å²) in [7, 11) is 0. The van der Waals surface area contributed by atoms with Crippen molar-refractivity contribution in [1.29, 1.82) is 0 Å². The van der Waals surface area contributed by atoms with E-state index < -0.39 is 61.4 Å². The van der Waals surface area contributed by atoms with Gasteiger partial charge in [0.1, 0.15) is 30.5 Å². The van der Waals surface area contributed by atoms with Crippen LogP contribution in [0.25, 0.3) is 0 Å². The van der Waals surface area contributed by atoms with Crippen molar-refractivity contribution in [2.24, 2.45) is 23.7 Å². The molecule has 11 unspecified atom stereocenters. The van der Waals surface area contributed by atoms with E-state index in [0.29, 0.717) is 12.0 Å². The van der Waals surface area contributed by atoms with Crippen molar-refractivity contribution in [3.8, 4) is 0 Å². The number of ketones is 1. The van der Waals surface area contributed by atoms with Gasteiger partial charge in [0, 0.05) is 23.3 Å². The zero-order valence-electron chi connectivity index (χ0n) is 16.9. The topological polar surface area (TPSA) is 143 Å². The van der Waals surface area contributed by atoms with E-state index in [1.165, 1.54) is 0 Å². The predicted octanol–water partition coefficient (Wildman–Crippen LogP) is -0.929. The third-order valence-corrected chi connectivity index (χ3v) is 7.11. The number of esters is 1. The molecule has 2 heterocycles. The summed E-state index contributed by atoms with van der Waals surface area (Å²) in [5, 5.41) is 39.8. The van der Waals surface area contributed by atoms with Gasteiger partial charge in [-0.05, 0) is 25.3 Å². The molecule has 30 heavy (non-hydrogen) atoms. The Morgan fingerprint density at radius 1 is 1.17 bits per heavy atom. The lowest BCUT2D eigenvalue weighted by Gasteiger charge is -2.42. The van der Waals surface area contributed by atoms with Gasteiger partial charge in [0.05, 0.1) is 12.7 Å². The average Bonchev–Trinajstić information content (AvgIpc) is 3.11. The van der Waals surface area contributed by atoms with Crippen LogP contribution in [0.15, 0.2) is 23.8 Å². The number of allylic oxidation sites excluding steroid dienone is 1. The predicted molar refractivity (Wildman–Crippen MR) is 101 cm³/mol. The first-order chi connectivity index (χ1) is 14.1. The van der Waals surface area contributed by atoms with Crippen LogP contribution in [0.2, 0.25) is 0 Å². The number of hydrogen-bond donors (Lipinski definition) is 4. The molecule has 9 heteroatoms. The smallest absolute Gasteiger partial charge is 0.334 e. The Balaban J connectivity index is 1.63. The molecule has 0 spiro atoms. The van der Waals surface area contributed by atoms with Gasteiger partial charge in [-0.2, -0.15) is 0 Å². The minimum atomic E-state index is -1.56. The Morgan fingerprint density at radius 3 is 2.53 bits per heavy atom. The quantitative estimate of drug-likeness (QED) is 0.334. The first-order valence-corrected chi connectivity index (χ1v) is 10.2. The number of fused-ring (bicyclic) bond motifs is 3. The normalized spacial score (nSPS) is 48.7. The van der Waals surface area contributed by atoms with Crippen molar-refractivity contribution in [2.45, 2.75) is 63.2 Å². The zero-order valence-corrected chi connectivity index (χ0v) is 16.9. The fourth-order valence-electron chi connectivity index (χ4n) is 5.39. The molecule has 0 aromatic carbocycles. The van der Waals surface area contributed by atoms with Crippen LogP contribution in [-0.4, -0.2) is 81.7 Å². The van der Waals surface area contributed by atoms with E-state index >= 15 is 0 Å². The van der Waals surface area contributed by atoms with Crippen molar-refractivity contribution in [2.75, 3.05) is 6.61 Å². The molecule has 3 fully saturated rings. The summed E-state index contributed by atoms with van der Waals surface area (Å²) in [6.07, 6.45) is -6.26. The van der Waals surface area contributed by atoms with Gasteiger partial charge in [0.2, 0.25) is 0 Å². The third-order valence-electron chi connectivity index (χ3n) is 7.11. The van der Waals surface area contributed by atoms with E-state index in [1.807, 2.05) is 13.8 Å². The number of ether oxygens (including phenoxy) is 3. The average molecular weight is 424 g/mol. The highest BCUT2D eigenvalue weighted by atomic mass is 16.7. The van der Waals surface area contributed by atoms with Crippen LogP contribution in [0.5, 0.6) is 0 Å². The second-order valence-corrected chi connectivity index (χ2v) is 8.81. The highest BCUT2D eigenvalue weighted by molar-refractivity contribution is 5.97. The van der Waals surface area contributed by atoms with Crippen LogP contribution in [0.4, 0.5) is 0 Å². The monoisotopic (exact) mass is 424 g/mol. The Kier molecular flexibility index (Phi) is 5.63. The minimum absolute atomic E-state index is 0.0680. The highest BCUT2D eigenvalue weighted by Gasteiger charge is 2.56. The van der Waals surface area contributed by atoms with E-state index in [1.54, 1.807) is 6.08 Å². The van der Waals surface area contributed by atoms with Crippen LogP contribution in [-0.2, 0) is 23.8 Å². The van der Waals surface area contributed by atoms with Gasteiger partial charge in [0.15, 0.2) is 12.1 Å². The fourth-order valence-corrected chi connectivity index (χ4v) is 5.39. The van der Waals surface area contributed by atoms with Crippen molar-refractivity contribution < 1.29 is 44.2 Å². The SMILES string of the molecule is C=C1C(=O)OC2C1CC(OC1OC(CO)C(O)C(O)C1O)C(C)C1C(=O)C=C(C)C21. The van der Waals surface area contributed by atoms with Crippen LogP contribution < -0.4 is 0 Å². The zero-order chi connectivity index (χ0) is 21.9. The van der Waals surface area contributed by atoms with Crippen molar-refractivity contribution in [1.82, 2.24) is 0 Å². The maximum atomic E-state index is 12.7. The largest absolute Gasteiger partial charge is 0.458 e. The summed E-state index contributed by atoms with van der Waals surface area (Å²) in [6, 6.07) is 0. The van der Waals surface area contributed by atoms with E-state index in [4.69, 9.17) is 14.2 Å². The molecule has 1 saturated carbocycles. The molecule has 4 rings (SSSR count). The first-order valence-electron chi connectivity index (χ1n) is 10.2. The van der Waals surface area contributed by atoms with E-state index in [2.05, 4.69) is 6.58 Å². The highest BCUT2D eigenvalue weighted by Crippen LogP contribution is 2.50. The Hall–Kier alpha value is -1.62. The van der Waals surface area contributed by atoms with E-state index in [-0.39, 0.29) is 23.5 Å². The first kappa shape index (κ1) is 21.6. The van der Waals surface area contributed by atoms with Crippen LogP contribution in [0.3, 0.4) is 0 Å². The number of rotatable bonds is 3. The summed E-state index contributed by atoms with van der Waals surface area (Å²) in [6.45, 7) is 7.01. The van der Waals surface area contributed by atoms with Gasteiger partial charge >= 0.3 is 5.97 Å². The van der Waals surface area contributed by atoms with Crippen LogP contribution >= 0.6 is 0 Å². The number of aliphatic hydroxyl groups is 4. The van der Waals surface area contributed by atoms with Gasteiger partial charge in [-0.3, -0.25) is 4.79 Å². The molecule has 11 atom stereocenters. The lowest BCUT2D eigenvalue weighted by atomic mass is 9.78. The molecule has 2 saturated heterocycles. The maximum absolute atomic E-state index is 12.7. The minimum Gasteiger partial charge on any atom is -0.458 e. The Morgan fingerprint density at radius 2 is 1.87 bits per heavy atom. The molecule has 4 N–H and O–H groups in total. The molecule has 0 aromatic heterocycles. The van der Waals surface area contributed by atoms with Gasteiger partial charge in [0.25, 0.3) is 0 Å². The van der Waals surface area contributed by atoms with Crippen molar-refractivity contribution in [3.63, 3.8) is 0 Å². The van der Waals surface area contributed by atoms with Gasteiger partial charge < -0.3 is 34.6 Å². The van der Waals surface area contributed by atoms with E-state index in [0.717, 1.165) is 5.57 Å². The van der Waals surface area contributed by atoms with Gasteiger partial charge in [-0.15, -0.1) is 0 Å². The second kappa shape index (κ2) is 7.81. The molecule has 0 bridgehead atoms. The summed E-state index contributed by atoms with van der Waals surface area (Å²) < 4.78 is 17.1. The third kappa shape index (κ3) is 3.24. The summed E-state index contributed by atoms with van der Waals surface area (Å²) in [4.78, 5) is 24.9. The van der Waals surface area contributed by atoms with Crippen molar-refractivity contribution in [3.05, 3.63) is 23.8 Å². The van der Waals surface area contributed by atoms with Gasteiger partial charge in [-0.1, -0.05) is 19.1 Å². The summed E-state index contributed by atoms with van der Waals surface area (Å²) >= 11 is 0. The molecule has 4 aliphatic rings. The molecular formula is C21H28O9. The molecule has 0 radical (unpaired) electrons. The molecule has 2 aliphatic heterocycles. The molecule has 0 amide bonds. The fraction of sp³-hybridized carbons (Fsp3) is 0.714. The standard InChI is InChI=1S/C21H28O9/c1-7-4-11(23)15-9(3)12(5-10-8(2)20(27)30-19(10)14(7)15)28-21-18(26)17(25)16(24)13(6-22)29-21/h4,9-10,12-19,21-22,24-26H,2,5-6H2,1,3H3. The lowest BCUT2D eigenvalue weighted by molar-refractivity contribution is -0.316. The summed E-state index contributed by atoms with van der Waals surface area (Å²) in [5.41, 5.74) is 1.17. The Bertz CT molecular complexity index is 774. The summed E-state index contributed by atoms with van der Waals surface area (Å²) in [5.74, 6) is -1.96. The van der Waals surface area contributed by atoms with Crippen LogP contribution in [0, 0.1) is 23.7 Å². The van der Waals surface area contributed by atoms with Gasteiger partial charge in [-0.25, -0.2) is 4.79 Å². The lowest BCUT2D eigenvalue weighted by Crippen LogP contribution is -2.60. The number of aliphatic hydroxyl groups excluding tert-OH is 4. The van der Waals surface area contributed by atoms with Crippen molar-refractivity contribution >= 4 is 11.8 Å². The molecule has 2 aliphatic carbocycles.